The molecule has 4 aliphatic carbocycles. The van der Waals surface area contributed by atoms with Crippen LogP contribution < -0.4 is 0 Å². The van der Waals surface area contributed by atoms with E-state index in [1.807, 2.05) is 0 Å². The number of hydrogen-bond acceptors (Lipinski definition) is 1. The molecule has 4 rings (SSSR count). The molecule has 1 heteroatoms. The fourth-order valence-electron chi connectivity index (χ4n) is 10.3. The molecular formula is C38H66O. The maximum absolute atomic E-state index is 6.50. The summed E-state index contributed by atoms with van der Waals surface area (Å²) >= 11 is 0. The van der Waals surface area contributed by atoms with E-state index in [2.05, 4.69) is 54.2 Å². The Morgan fingerprint density at radius 1 is 0.923 bits per heavy atom. The van der Waals surface area contributed by atoms with Crippen LogP contribution in [0.4, 0.5) is 0 Å². The quantitative estimate of drug-likeness (QED) is 0.149. The Labute approximate surface area is 244 Å². The summed E-state index contributed by atoms with van der Waals surface area (Å²) in [5, 5.41) is 0. The lowest BCUT2D eigenvalue weighted by molar-refractivity contribution is -0.0625. The zero-order valence-electron chi connectivity index (χ0n) is 27.2. The van der Waals surface area contributed by atoms with E-state index in [4.69, 9.17) is 4.74 Å². The molecule has 3 saturated carbocycles. The summed E-state index contributed by atoms with van der Waals surface area (Å²) in [5.74, 6) is 5.52. The summed E-state index contributed by atoms with van der Waals surface area (Å²) in [6.07, 6.45) is 27.8. The first-order valence-electron chi connectivity index (χ1n) is 17.7. The molecule has 0 aromatic heterocycles. The summed E-state index contributed by atoms with van der Waals surface area (Å²) in [5.41, 5.74) is 4.11. The molecule has 0 unspecified atom stereocenters. The summed E-state index contributed by atoms with van der Waals surface area (Å²) < 4.78 is 6.50. The molecule has 0 aliphatic heterocycles. The molecule has 224 valence electrons. The van der Waals surface area contributed by atoms with E-state index in [0.717, 1.165) is 48.5 Å². The van der Waals surface area contributed by atoms with Gasteiger partial charge in [-0.25, -0.2) is 0 Å². The highest BCUT2D eigenvalue weighted by atomic mass is 16.5. The molecule has 0 bridgehead atoms. The Kier molecular flexibility index (Phi) is 11.3. The van der Waals surface area contributed by atoms with Gasteiger partial charge in [0.25, 0.3) is 0 Å². The molecule has 0 aromatic carbocycles. The molecule has 0 radical (unpaired) electrons. The number of rotatable bonds is 15. The molecule has 39 heavy (non-hydrogen) atoms. The van der Waals surface area contributed by atoms with E-state index >= 15 is 0 Å². The topological polar surface area (TPSA) is 9.23 Å². The predicted molar refractivity (Wildman–Crippen MR) is 170 cm³/mol. The van der Waals surface area contributed by atoms with Gasteiger partial charge in [-0.15, -0.1) is 0 Å². The van der Waals surface area contributed by atoms with Crippen LogP contribution in [0.1, 0.15) is 157 Å². The molecule has 0 amide bonds. The largest absolute Gasteiger partial charge is 0.374 e. The van der Waals surface area contributed by atoms with Gasteiger partial charge in [0.2, 0.25) is 0 Å². The molecule has 1 nitrogen and oxygen atoms in total. The Hall–Kier alpha value is -0.560. The Morgan fingerprint density at radius 2 is 1.69 bits per heavy atom. The van der Waals surface area contributed by atoms with E-state index in [1.54, 1.807) is 5.57 Å². The van der Waals surface area contributed by atoms with Crippen molar-refractivity contribution in [3.05, 3.63) is 23.8 Å². The van der Waals surface area contributed by atoms with Crippen LogP contribution in [0.25, 0.3) is 0 Å². The van der Waals surface area contributed by atoms with Gasteiger partial charge in [-0.3, -0.25) is 0 Å². The second-order valence-corrected chi connectivity index (χ2v) is 15.7. The van der Waals surface area contributed by atoms with Crippen LogP contribution in [0, 0.1) is 46.3 Å². The van der Waals surface area contributed by atoms with Crippen LogP contribution in [0.15, 0.2) is 23.8 Å². The first-order valence-corrected chi connectivity index (χ1v) is 17.7. The fraction of sp³-hybridized carbons (Fsp3) is 0.895. The van der Waals surface area contributed by atoms with Crippen LogP contribution in [-0.4, -0.2) is 12.7 Å². The van der Waals surface area contributed by atoms with E-state index < -0.39 is 0 Å². The average Bonchev–Trinajstić information content (AvgIpc) is 3.26. The third-order valence-corrected chi connectivity index (χ3v) is 12.7. The minimum atomic E-state index is 0.415. The van der Waals surface area contributed by atoms with Gasteiger partial charge >= 0.3 is 0 Å². The van der Waals surface area contributed by atoms with Crippen LogP contribution in [-0.2, 0) is 4.74 Å². The zero-order valence-corrected chi connectivity index (χ0v) is 27.2. The number of ether oxygens (including phenoxy) is 1. The van der Waals surface area contributed by atoms with Crippen LogP contribution in [0.5, 0.6) is 0 Å². The standard InChI is InChI=1S/C38H66O/c1-8-9-10-11-12-13-16-29(4)27-39-32-22-24-37(6)31(26-32)18-19-33-35-21-20-34(30(5)17-14-15-28(2)3)38(35,7)25-23-36(33)37/h18,28,30,32-36H,4,8-17,19-27H2,1-3,5-7H3/t30-,32+,33+,34-,35+,36+,37+,38-/m1/s1. The number of allylic oxidation sites excluding steroid dienone is 1. The Balaban J connectivity index is 1.28. The second-order valence-electron chi connectivity index (χ2n) is 15.7. The molecule has 3 fully saturated rings. The van der Waals surface area contributed by atoms with Crippen molar-refractivity contribution in [2.24, 2.45) is 46.3 Å². The van der Waals surface area contributed by atoms with Crippen LogP contribution >= 0.6 is 0 Å². The number of unbranched alkanes of at least 4 members (excludes halogenated alkanes) is 5. The smallest absolute Gasteiger partial charge is 0.0678 e. The van der Waals surface area contributed by atoms with E-state index in [9.17, 15) is 0 Å². The van der Waals surface area contributed by atoms with Crippen molar-refractivity contribution in [3.63, 3.8) is 0 Å². The molecule has 0 spiro atoms. The highest BCUT2D eigenvalue weighted by molar-refractivity contribution is 5.25. The number of fused-ring (bicyclic) bond motifs is 5. The van der Waals surface area contributed by atoms with Crippen molar-refractivity contribution < 1.29 is 4.74 Å². The van der Waals surface area contributed by atoms with Gasteiger partial charge in [0.15, 0.2) is 0 Å². The van der Waals surface area contributed by atoms with Crippen LogP contribution in [0.3, 0.4) is 0 Å². The van der Waals surface area contributed by atoms with Crippen molar-refractivity contribution in [1.82, 2.24) is 0 Å². The molecular weight excluding hydrogens is 472 g/mol. The number of hydrogen-bond donors (Lipinski definition) is 0. The highest BCUT2D eigenvalue weighted by Crippen LogP contribution is 2.67. The third-order valence-electron chi connectivity index (χ3n) is 12.7. The lowest BCUT2D eigenvalue weighted by atomic mass is 9.47. The average molecular weight is 539 g/mol. The molecule has 0 aromatic rings. The van der Waals surface area contributed by atoms with Gasteiger partial charge in [-0.2, -0.15) is 0 Å². The molecule has 0 saturated heterocycles. The van der Waals surface area contributed by atoms with Crippen molar-refractivity contribution in [1.29, 1.82) is 0 Å². The summed E-state index contributed by atoms with van der Waals surface area (Å²) in [4.78, 5) is 0. The first-order chi connectivity index (χ1) is 18.7. The minimum Gasteiger partial charge on any atom is -0.374 e. The van der Waals surface area contributed by atoms with E-state index in [1.165, 1.54) is 115 Å². The Morgan fingerprint density at radius 3 is 2.46 bits per heavy atom. The van der Waals surface area contributed by atoms with Gasteiger partial charge in [-0.05, 0) is 111 Å². The van der Waals surface area contributed by atoms with Gasteiger partial charge in [0.1, 0.15) is 0 Å². The highest BCUT2D eigenvalue weighted by Gasteiger charge is 2.59. The zero-order chi connectivity index (χ0) is 28.0. The SMILES string of the molecule is C=C(CCCCCCCC)CO[C@H]1CC[C@@]2(C)C(=CC[C@H]3[C@@H]4CC[C@H]([C@H](C)CCCC(C)C)[C@@]4(C)CC[C@@H]32)C1. The van der Waals surface area contributed by atoms with Gasteiger partial charge in [0.05, 0.1) is 12.7 Å². The summed E-state index contributed by atoms with van der Waals surface area (Å²) in [6.45, 7) is 20.2. The minimum absolute atomic E-state index is 0.415. The summed E-state index contributed by atoms with van der Waals surface area (Å²) in [6, 6.07) is 0. The molecule has 0 heterocycles. The molecule has 8 atom stereocenters. The third kappa shape index (κ3) is 7.27. The lowest BCUT2D eigenvalue weighted by Gasteiger charge is -2.58. The fourth-order valence-corrected chi connectivity index (χ4v) is 10.3. The van der Waals surface area contributed by atoms with Crippen molar-refractivity contribution in [2.45, 2.75) is 163 Å². The first kappa shape index (κ1) is 31.4. The van der Waals surface area contributed by atoms with Crippen molar-refractivity contribution in [2.75, 3.05) is 6.61 Å². The van der Waals surface area contributed by atoms with Crippen molar-refractivity contribution >= 4 is 0 Å². The molecule has 0 N–H and O–H groups in total. The maximum Gasteiger partial charge on any atom is 0.0678 e. The summed E-state index contributed by atoms with van der Waals surface area (Å²) in [7, 11) is 0. The van der Waals surface area contributed by atoms with E-state index in [-0.39, 0.29) is 0 Å². The van der Waals surface area contributed by atoms with E-state index in [0.29, 0.717) is 16.9 Å². The second kappa shape index (κ2) is 14.1. The monoisotopic (exact) mass is 539 g/mol. The maximum atomic E-state index is 6.50. The van der Waals surface area contributed by atoms with Crippen molar-refractivity contribution in [3.8, 4) is 0 Å². The van der Waals surface area contributed by atoms with Gasteiger partial charge < -0.3 is 4.74 Å². The van der Waals surface area contributed by atoms with Gasteiger partial charge in [-0.1, -0.05) is 117 Å². The lowest BCUT2D eigenvalue weighted by Crippen LogP contribution is -2.51. The Bertz CT molecular complexity index is 808. The normalized spacial score (nSPS) is 36.7. The predicted octanol–water partition coefficient (Wildman–Crippen LogP) is 11.7. The van der Waals surface area contributed by atoms with Gasteiger partial charge in [0, 0.05) is 0 Å². The molecule has 4 aliphatic rings. The van der Waals surface area contributed by atoms with Crippen LogP contribution in [0.2, 0.25) is 0 Å².